The second kappa shape index (κ2) is 8.68. The van der Waals surface area contributed by atoms with Gasteiger partial charge in [0.05, 0.1) is 6.54 Å². The molecular weight excluding hydrogens is 343 g/mol. The highest BCUT2D eigenvalue weighted by Crippen LogP contribution is 2.14. The first-order valence-electron chi connectivity index (χ1n) is 7.83. The van der Waals surface area contributed by atoms with Crippen LogP contribution in [0.2, 0.25) is 0 Å². The molecule has 25 heavy (non-hydrogen) atoms. The Morgan fingerprint density at radius 1 is 1.36 bits per heavy atom. The second-order valence-electron chi connectivity index (χ2n) is 5.90. The van der Waals surface area contributed by atoms with Crippen molar-refractivity contribution in [1.29, 1.82) is 0 Å². The number of aromatic amines is 1. The standard InChI is InChI=1S/C17H21FN4O2S/c1-21(2)9-3-8-19-10-14-15(23)20-17(25)22(16(14)24)11-12-4-6-13(18)7-5-12/h4-7,10,24H,3,8-9,11H2,1-2H3,(H,20,23,25). The Bertz CT molecular complexity index is 856. The third-order valence-corrected chi connectivity index (χ3v) is 3.90. The minimum Gasteiger partial charge on any atom is -0.494 e. The van der Waals surface area contributed by atoms with E-state index in [2.05, 4.69) is 9.98 Å². The number of hydrogen-bond donors (Lipinski definition) is 2. The molecule has 134 valence electrons. The fourth-order valence-electron chi connectivity index (χ4n) is 2.24. The molecule has 1 aromatic heterocycles. The fraction of sp³-hybridized carbons (Fsp3) is 0.353. The fourth-order valence-corrected chi connectivity index (χ4v) is 2.49. The van der Waals surface area contributed by atoms with Crippen LogP contribution < -0.4 is 5.56 Å². The number of aromatic hydroxyl groups is 1. The van der Waals surface area contributed by atoms with E-state index in [-0.39, 0.29) is 28.6 Å². The van der Waals surface area contributed by atoms with Crippen molar-refractivity contribution < 1.29 is 9.50 Å². The Labute approximate surface area is 150 Å². The molecule has 0 spiro atoms. The summed E-state index contributed by atoms with van der Waals surface area (Å²) in [7, 11) is 3.95. The quantitative estimate of drug-likeness (QED) is 0.449. The summed E-state index contributed by atoms with van der Waals surface area (Å²) in [6.07, 6.45) is 2.20. The molecule has 0 aliphatic heterocycles. The van der Waals surface area contributed by atoms with Gasteiger partial charge < -0.3 is 10.0 Å². The molecule has 0 atom stereocenters. The van der Waals surface area contributed by atoms with Crippen LogP contribution in [0.5, 0.6) is 5.88 Å². The van der Waals surface area contributed by atoms with Crippen molar-refractivity contribution in [1.82, 2.24) is 14.5 Å². The van der Waals surface area contributed by atoms with Crippen molar-refractivity contribution in [2.24, 2.45) is 4.99 Å². The van der Waals surface area contributed by atoms with E-state index in [1.165, 1.54) is 22.9 Å². The molecular formula is C17H21FN4O2S. The first-order valence-corrected chi connectivity index (χ1v) is 8.24. The lowest BCUT2D eigenvalue weighted by Gasteiger charge is -2.11. The monoisotopic (exact) mass is 364 g/mol. The second-order valence-corrected chi connectivity index (χ2v) is 6.29. The summed E-state index contributed by atoms with van der Waals surface area (Å²) in [5.74, 6) is -0.599. The molecule has 0 saturated heterocycles. The van der Waals surface area contributed by atoms with E-state index in [1.54, 1.807) is 12.1 Å². The van der Waals surface area contributed by atoms with Crippen molar-refractivity contribution in [2.45, 2.75) is 13.0 Å². The lowest BCUT2D eigenvalue weighted by atomic mass is 10.2. The average Bonchev–Trinajstić information content (AvgIpc) is 2.55. The number of H-pyrrole nitrogens is 1. The first-order chi connectivity index (χ1) is 11.9. The molecule has 2 N–H and O–H groups in total. The summed E-state index contributed by atoms with van der Waals surface area (Å²) >= 11 is 5.12. The summed E-state index contributed by atoms with van der Waals surface area (Å²) in [6.45, 7) is 1.64. The van der Waals surface area contributed by atoms with E-state index in [4.69, 9.17) is 12.2 Å². The van der Waals surface area contributed by atoms with Gasteiger partial charge in [-0.15, -0.1) is 0 Å². The van der Waals surface area contributed by atoms with Gasteiger partial charge in [0.15, 0.2) is 4.77 Å². The first kappa shape index (κ1) is 19.0. The van der Waals surface area contributed by atoms with Gasteiger partial charge in [-0.2, -0.15) is 0 Å². The number of nitrogens with zero attached hydrogens (tertiary/aromatic N) is 3. The van der Waals surface area contributed by atoms with Crippen LogP contribution in [0.1, 0.15) is 17.5 Å². The number of nitrogens with one attached hydrogen (secondary N) is 1. The maximum Gasteiger partial charge on any atom is 0.264 e. The molecule has 2 aromatic rings. The molecule has 0 radical (unpaired) electrons. The summed E-state index contributed by atoms with van der Waals surface area (Å²) in [5.41, 5.74) is 0.309. The molecule has 0 saturated carbocycles. The Morgan fingerprint density at radius 2 is 2.04 bits per heavy atom. The lowest BCUT2D eigenvalue weighted by Crippen LogP contribution is -2.19. The van der Waals surface area contributed by atoms with Crippen LogP contribution in [0.3, 0.4) is 0 Å². The number of hydrogen-bond acceptors (Lipinski definition) is 5. The van der Waals surface area contributed by atoms with Crippen LogP contribution in [0.4, 0.5) is 4.39 Å². The number of benzene rings is 1. The van der Waals surface area contributed by atoms with Crippen LogP contribution in [0, 0.1) is 10.6 Å². The molecule has 0 unspecified atom stereocenters. The zero-order valence-electron chi connectivity index (χ0n) is 14.2. The van der Waals surface area contributed by atoms with Gasteiger partial charge in [0.25, 0.3) is 5.56 Å². The summed E-state index contributed by atoms with van der Waals surface area (Å²) in [6, 6.07) is 5.84. The predicted octanol–water partition coefficient (Wildman–Crippen LogP) is 2.17. The Morgan fingerprint density at radius 3 is 2.68 bits per heavy atom. The van der Waals surface area contributed by atoms with E-state index in [0.29, 0.717) is 6.54 Å². The highest BCUT2D eigenvalue weighted by molar-refractivity contribution is 7.71. The predicted molar refractivity (Wildman–Crippen MR) is 98.7 cm³/mol. The van der Waals surface area contributed by atoms with Gasteiger partial charge in [0, 0.05) is 12.8 Å². The van der Waals surface area contributed by atoms with Gasteiger partial charge in [-0.1, -0.05) is 12.1 Å². The summed E-state index contributed by atoms with van der Waals surface area (Å²) in [5, 5.41) is 10.4. The summed E-state index contributed by atoms with van der Waals surface area (Å²) < 4.78 is 14.5. The summed E-state index contributed by atoms with van der Waals surface area (Å²) in [4.78, 5) is 20.8. The largest absolute Gasteiger partial charge is 0.494 e. The smallest absolute Gasteiger partial charge is 0.264 e. The van der Waals surface area contributed by atoms with Crippen LogP contribution in [-0.4, -0.2) is 53.0 Å². The van der Waals surface area contributed by atoms with E-state index in [9.17, 15) is 14.3 Å². The van der Waals surface area contributed by atoms with Crippen molar-refractivity contribution in [2.75, 3.05) is 27.2 Å². The van der Waals surface area contributed by atoms with Crippen LogP contribution >= 0.6 is 12.2 Å². The third-order valence-electron chi connectivity index (χ3n) is 3.57. The average molecular weight is 364 g/mol. The molecule has 1 heterocycles. The molecule has 0 aliphatic rings. The Hall–Kier alpha value is -2.32. The van der Waals surface area contributed by atoms with E-state index < -0.39 is 5.56 Å². The van der Waals surface area contributed by atoms with Crippen molar-refractivity contribution in [3.8, 4) is 5.88 Å². The normalized spacial score (nSPS) is 11.5. The molecule has 0 aliphatic carbocycles. The highest BCUT2D eigenvalue weighted by Gasteiger charge is 2.11. The number of halogens is 1. The van der Waals surface area contributed by atoms with Crippen molar-refractivity contribution in [3.63, 3.8) is 0 Å². The molecule has 1 aromatic carbocycles. The van der Waals surface area contributed by atoms with Gasteiger partial charge in [0.1, 0.15) is 11.4 Å². The Balaban J connectivity index is 2.24. The van der Waals surface area contributed by atoms with Gasteiger partial charge in [-0.25, -0.2) is 4.39 Å². The van der Waals surface area contributed by atoms with Gasteiger partial charge >= 0.3 is 0 Å². The van der Waals surface area contributed by atoms with Crippen LogP contribution in [-0.2, 0) is 6.54 Å². The number of aliphatic imine (C=N–C) groups is 1. The lowest BCUT2D eigenvalue weighted by molar-refractivity contribution is 0.403. The maximum absolute atomic E-state index is 13.0. The minimum atomic E-state index is -0.491. The van der Waals surface area contributed by atoms with Crippen LogP contribution in [0.15, 0.2) is 34.1 Å². The van der Waals surface area contributed by atoms with Gasteiger partial charge in [-0.3, -0.25) is 19.3 Å². The van der Waals surface area contributed by atoms with Crippen LogP contribution in [0.25, 0.3) is 0 Å². The zero-order chi connectivity index (χ0) is 18.4. The maximum atomic E-state index is 13.0. The molecule has 8 heteroatoms. The van der Waals surface area contributed by atoms with E-state index in [1.807, 2.05) is 19.0 Å². The Kier molecular flexibility index (Phi) is 6.60. The van der Waals surface area contributed by atoms with Gasteiger partial charge in [-0.05, 0) is 57.0 Å². The SMILES string of the molecule is CN(C)CCCN=Cc1c(O)n(Cc2ccc(F)cc2)c(=S)[nH]c1=O. The van der Waals surface area contributed by atoms with E-state index in [0.717, 1.165) is 18.5 Å². The molecule has 0 fully saturated rings. The third kappa shape index (κ3) is 5.33. The molecule has 0 bridgehead atoms. The van der Waals surface area contributed by atoms with Crippen molar-refractivity contribution in [3.05, 3.63) is 56.3 Å². The molecule has 2 rings (SSSR count). The van der Waals surface area contributed by atoms with E-state index >= 15 is 0 Å². The number of rotatable bonds is 7. The molecule has 0 amide bonds. The highest BCUT2D eigenvalue weighted by atomic mass is 32.1. The number of aromatic nitrogens is 2. The van der Waals surface area contributed by atoms with Crippen molar-refractivity contribution >= 4 is 18.4 Å². The topological polar surface area (TPSA) is 73.6 Å². The minimum absolute atomic E-state index is 0.0561. The molecule has 6 nitrogen and oxygen atoms in total. The zero-order valence-corrected chi connectivity index (χ0v) is 15.0. The van der Waals surface area contributed by atoms with Gasteiger partial charge in [0.2, 0.25) is 5.88 Å².